The molecule has 0 heterocycles. The van der Waals surface area contributed by atoms with Gasteiger partial charge in [-0.1, -0.05) is 25.5 Å². The van der Waals surface area contributed by atoms with Gasteiger partial charge in [0.05, 0.1) is 0 Å². The molecule has 4 saturated carbocycles. The fraction of sp³-hybridized carbons (Fsp3) is 0.818. The fourth-order valence-electron chi connectivity index (χ4n) is 7.63. The van der Waals surface area contributed by atoms with E-state index in [0.717, 1.165) is 38.0 Å². The van der Waals surface area contributed by atoms with Crippen LogP contribution in [0, 0.1) is 40.4 Å². The van der Waals surface area contributed by atoms with Crippen LogP contribution in [-0.2, 0) is 14.3 Å². The van der Waals surface area contributed by atoms with Crippen LogP contribution in [0.5, 0.6) is 0 Å². The molecular weight excluding hydrogens is 312 g/mol. The average Bonchev–Trinajstić information content (AvgIpc) is 3.29. The van der Waals surface area contributed by atoms with Crippen LogP contribution in [0.4, 0.5) is 0 Å². The number of esters is 1. The van der Waals surface area contributed by atoms with Crippen LogP contribution in [0.3, 0.4) is 0 Å². The summed E-state index contributed by atoms with van der Waals surface area (Å²) in [5, 5.41) is 0. The molecule has 4 fully saturated rings. The molecule has 0 bridgehead atoms. The molecule has 5 rings (SSSR count). The lowest BCUT2D eigenvalue weighted by Crippen LogP contribution is -2.51. The number of allylic oxidation sites excluding steroid dienone is 1. The number of ketones is 1. The first-order valence-electron chi connectivity index (χ1n) is 10.3. The molecule has 0 spiro atoms. The van der Waals surface area contributed by atoms with E-state index in [9.17, 15) is 9.59 Å². The van der Waals surface area contributed by atoms with Crippen LogP contribution in [0.2, 0.25) is 0 Å². The maximum Gasteiger partial charge on any atom is 0.302 e. The molecule has 3 heteroatoms. The lowest BCUT2D eigenvalue weighted by molar-refractivity contribution is -0.148. The molecular formula is C22H30O3. The van der Waals surface area contributed by atoms with Gasteiger partial charge in [-0.15, -0.1) is 0 Å². The van der Waals surface area contributed by atoms with Crippen LogP contribution in [0.15, 0.2) is 11.6 Å². The average molecular weight is 342 g/mol. The summed E-state index contributed by atoms with van der Waals surface area (Å²) in [6, 6.07) is 0. The molecule has 0 radical (unpaired) electrons. The number of hydrogen-bond donors (Lipinski definition) is 0. The third-order valence-electron chi connectivity index (χ3n) is 8.84. The first-order chi connectivity index (χ1) is 11.8. The Balaban J connectivity index is 1.44. The number of hydrogen-bond acceptors (Lipinski definition) is 3. The van der Waals surface area contributed by atoms with E-state index in [4.69, 9.17) is 4.74 Å². The van der Waals surface area contributed by atoms with Crippen molar-refractivity contribution in [1.82, 2.24) is 0 Å². The molecule has 0 aliphatic heterocycles. The summed E-state index contributed by atoms with van der Waals surface area (Å²) in [6.45, 7) is 6.26. The summed E-state index contributed by atoms with van der Waals surface area (Å²) in [6.07, 6.45) is 10.2. The maximum absolute atomic E-state index is 12.8. The van der Waals surface area contributed by atoms with Gasteiger partial charge in [0.2, 0.25) is 0 Å². The molecule has 0 amide bonds. The van der Waals surface area contributed by atoms with Gasteiger partial charge in [0.25, 0.3) is 0 Å². The summed E-state index contributed by atoms with van der Waals surface area (Å²) in [5.41, 5.74) is 1.77. The molecule has 0 saturated heterocycles. The van der Waals surface area contributed by atoms with Crippen molar-refractivity contribution >= 4 is 11.8 Å². The minimum absolute atomic E-state index is 0.0224. The van der Waals surface area contributed by atoms with Crippen LogP contribution in [0.25, 0.3) is 0 Å². The Labute approximate surface area is 150 Å². The van der Waals surface area contributed by atoms with E-state index < -0.39 is 0 Å². The van der Waals surface area contributed by atoms with Gasteiger partial charge in [-0.2, -0.15) is 0 Å². The molecule has 25 heavy (non-hydrogen) atoms. The largest absolute Gasteiger partial charge is 0.462 e. The molecule has 136 valence electrons. The normalized spacial score (nSPS) is 53.1. The zero-order valence-corrected chi connectivity index (χ0v) is 15.7. The van der Waals surface area contributed by atoms with Crippen LogP contribution in [0.1, 0.15) is 65.7 Å². The van der Waals surface area contributed by atoms with Gasteiger partial charge in [-0.05, 0) is 67.6 Å². The molecule has 5 aliphatic rings. The third-order valence-corrected chi connectivity index (χ3v) is 8.84. The van der Waals surface area contributed by atoms with Gasteiger partial charge in [0, 0.05) is 24.7 Å². The Morgan fingerprint density at radius 1 is 1.16 bits per heavy atom. The summed E-state index contributed by atoms with van der Waals surface area (Å²) in [5.74, 6) is 3.59. The first-order valence-corrected chi connectivity index (χ1v) is 10.3. The first kappa shape index (κ1) is 16.1. The van der Waals surface area contributed by atoms with E-state index >= 15 is 0 Å². The van der Waals surface area contributed by atoms with Gasteiger partial charge < -0.3 is 4.74 Å². The van der Waals surface area contributed by atoms with Crippen molar-refractivity contribution in [3.63, 3.8) is 0 Å². The minimum atomic E-state index is -0.152. The SMILES string of the molecule is CC(=O)O[C@H]1CC[C@@]2(C)C(=CC[C@H]3[C@@H]4[C@@H]5C[C@@H]5C(=O)[C@@]4(C)CC[C@@H]32)C1. The summed E-state index contributed by atoms with van der Waals surface area (Å²) in [7, 11) is 0. The second-order valence-corrected chi connectivity index (χ2v) is 9.98. The zero-order valence-electron chi connectivity index (χ0n) is 15.7. The lowest BCUT2D eigenvalue weighted by atomic mass is 9.47. The smallest absolute Gasteiger partial charge is 0.302 e. The Kier molecular flexibility index (Phi) is 3.21. The summed E-state index contributed by atoms with van der Waals surface area (Å²) in [4.78, 5) is 24.2. The van der Waals surface area contributed by atoms with Crippen LogP contribution < -0.4 is 0 Å². The fourth-order valence-corrected chi connectivity index (χ4v) is 7.63. The van der Waals surface area contributed by atoms with Crippen molar-refractivity contribution in [3.8, 4) is 0 Å². The molecule has 0 N–H and O–H groups in total. The van der Waals surface area contributed by atoms with Crippen molar-refractivity contribution in [2.75, 3.05) is 0 Å². The molecule has 0 aromatic heterocycles. The standard InChI is InChI=1S/C22H30O3/c1-12(23)25-14-6-8-21(2)13(10-14)4-5-15-18(21)7-9-22(3)19(15)16-11-17(16)20(22)24/h4,14-19H,5-11H2,1-3H3/t14-,15+,16+,17-,18-,19+,21-,22-/m0/s1. The molecule has 0 aromatic carbocycles. The van der Waals surface area contributed by atoms with Crippen LogP contribution >= 0.6 is 0 Å². The van der Waals surface area contributed by atoms with Crippen molar-refractivity contribution in [3.05, 3.63) is 11.6 Å². The van der Waals surface area contributed by atoms with E-state index in [1.54, 1.807) is 0 Å². The van der Waals surface area contributed by atoms with Gasteiger partial charge in [0.1, 0.15) is 11.9 Å². The van der Waals surface area contributed by atoms with Gasteiger partial charge in [-0.25, -0.2) is 0 Å². The predicted octanol–water partition coefficient (Wildman–Crippen LogP) is 4.31. The van der Waals surface area contributed by atoms with E-state index in [-0.39, 0.29) is 22.9 Å². The Morgan fingerprint density at radius 2 is 1.92 bits per heavy atom. The lowest BCUT2D eigenvalue weighted by Gasteiger charge is -2.57. The molecule has 0 aromatic rings. The van der Waals surface area contributed by atoms with Gasteiger partial charge in [-0.3, -0.25) is 9.59 Å². The second-order valence-electron chi connectivity index (χ2n) is 9.98. The van der Waals surface area contributed by atoms with Crippen molar-refractivity contribution in [2.24, 2.45) is 40.4 Å². The molecule has 5 aliphatic carbocycles. The van der Waals surface area contributed by atoms with E-state index in [1.807, 2.05) is 0 Å². The van der Waals surface area contributed by atoms with Crippen molar-refractivity contribution in [2.45, 2.75) is 71.8 Å². The molecule has 3 nitrogen and oxygen atoms in total. The Bertz CT molecular complexity index is 679. The Morgan fingerprint density at radius 3 is 2.68 bits per heavy atom. The number of carbonyl (C=O) groups is 2. The highest BCUT2D eigenvalue weighted by molar-refractivity contribution is 5.92. The second kappa shape index (κ2) is 4.98. The van der Waals surface area contributed by atoms with Crippen molar-refractivity contribution < 1.29 is 14.3 Å². The summed E-state index contributed by atoms with van der Waals surface area (Å²) >= 11 is 0. The van der Waals surface area contributed by atoms with Gasteiger partial charge in [0.15, 0.2) is 0 Å². The zero-order chi connectivity index (χ0) is 17.6. The third kappa shape index (κ3) is 2.04. The van der Waals surface area contributed by atoms with E-state index in [1.165, 1.54) is 25.3 Å². The Hall–Kier alpha value is -1.12. The quantitative estimate of drug-likeness (QED) is 0.527. The highest BCUT2D eigenvalue weighted by Gasteiger charge is 2.70. The number of carbonyl (C=O) groups excluding carboxylic acids is 2. The van der Waals surface area contributed by atoms with E-state index in [2.05, 4.69) is 19.9 Å². The maximum atomic E-state index is 12.8. The summed E-state index contributed by atoms with van der Waals surface area (Å²) < 4.78 is 5.52. The molecule has 8 atom stereocenters. The van der Waals surface area contributed by atoms with E-state index in [0.29, 0.717) is 29.5 Å². The van der Waals surface area contributed by atoms with Crippen LogP contribution in [-0.4, -0.2) is 17.9 Å². The number of fused-ring (bicyclic) bond motifs is 7. The predicted molar refractivity (Wildman–Crippen MR) is 94.6 cm³/mol. The van der Waals surface area contributed by atoms with Crippen molar-refractivity contribution in [1.29, 1.82) is 0 Å². The minimum Gasteiger partial charge on any atom is -0.462 e. The molecule has 0 unspecified atom stereocenters. The number of rotatable bonds is 1. The number of Topliss-reactive ketones (excluding diaryl/α,β-unsaturated/α-hetero) is 1. The monoisotopic (exact) mass is 342 g/mol. The topological polar surface area (TPSA) is 43.4 Å². The number of ether oxygens (including phenoxy) is 1. The highest BCUT2D eigenvalue weighted by Crippen LogP contribution is 2.71. The van der Waals surface area contributed by atoms with Gasteiger partial charge >= 0.3 is 5.97 Å². The highest BCUT2D eigenvalue weighted by atomic mass is 16.5.